The van der Waals surface area contributed by atoms with Gasteiger partial charge in [-0.1, -0.05) is 12.1 Å². The summed E-state index contributed by atoms with van der Waals surface area (Å²) in [6.07, 6.45) is 5.72. The number of benzene rings is 1. The molecule has 0 saturated carbocycles. The van der Waals surface area contributed by atoms with Crippen LogP contribution in [0.3, 0.4) is 0 Å². The second kappa shape index (κ2) is 7.02. The van der Waals surface area contributed by atoms with Gasteiger partial charge in [0.1, 0.15) is 0 Å². The van der Waals surface area contributed by atoms with Crippen LogP contribution in [0, 0.1) is 6.92 Å². The minimum Gasteiger partial charge on any atom is -0.480 e. The zero-order valence-corrected chi connectivity index (χ0v) is 17.1. The molecule has 8 nitrogen and oxygen atoms in total. The molecule has 4 rings (SSSR count). The minimum atomic E-state index is -3.71. The molecule has 0 radical (unpaired) electrons. The molecular weight excluding hydrogens is 390 g/mol. The molecule has 0 spiro atoms. The molecule has 0 atom stereocenters. The molecule has 0 amide bonds. The Morgan fingerprint density at radius 3 is 2.48 bits per heavy atom. The first-order chi connectivity index (χ1) is 13.8. The molecule has 4 aromatic rings. The lowest BCUT2D eigenvalue weighted by Crippen LogP contribution is -2.12. The molecule has 2 N–H and O–H groups in total. The first-order valence-electron chi connectivity index (χ1n) is 8.92. The van der Waals surface area contributed by atoms with Crippen LogP contribution in [0.2, 0.25) is 0 Å². The second-order valence-corrected chi connectivity index (χ2v) is 8.47. The summed E-state index contributed by atoms with van der Waals surface area (Å²) in [4.78, 5) is 4.56. The summed E-state index contributed by atoms with van der Waals surface area (Å²) >= 11 is 0. The number of pyridine rings is 1. The van der Waals surface area contributed by atoms with Crippen LogP contribution in [0.15, 0.2) is 53.8 Å². The molecule has 0 aliphatic carbocycles. The van der Waals surface area contributed by atoms with E-state index in [-0.39, 0.29) is 4.90 Å². The van der Waals surface area contributed by atoms with E-state index in [1.165, 1.54) is 12.1 Å². The van der Waals surface area contributed by atoms with Crippen molar-refractivity contribution in [1.29, 1.82) is 0 Å². The normalized spacial score (nSPS) is 11.9. The number of aromatic nitrogens is 4. The predicted molar refractivity (Wildman–Crippen MR) is 110 cm³/mol. The standard InChI is InChI=1S/C20H21N5O3S/c1-13-11-25(12-14-4-6-15(7-5-14)29(21,26)27)19-16(13)10-22-20(28-3)18(19)17-8-9-24(2)23-17/h4-11H,12H2,1-3H3,(H2,21,26,27). The smallest absolute Gasteiger partial charge is 0.238 e. The van der Waals surface area contributed by atoms with Crippen LogP contribution in [0.5, 0.6) is 5.88 Å². The summed E-state index contributed by atoms with van der Waals surface area (Å²) in [6.45, 7) is 2.57. The number of aryl methyl sites for hydroxylation is 2. The van der Waals surface area contributed by atoms with Gasteiger partial charge in [0.15, 0.2) is 0 Å². The van der Waals surface area contributed by atoms with E-state index in [2.05, 4.69) is 14.6 Å². The van der Waals surface area contributed by atoms with Crippen LogP contribution in [-0.4, -0.2) is 34.9 Å². The van der Waals surface area contributed by atoms with Gasteiger partial charge in [0, 0.05) is 37.6 Å². The highest BCUT2D eigenvalue weighted by Gasteiger charge is 2.20. The molecule has 0 bridgehead atoms. The van der Waals surface area contributed by atoms with Gasteiger partial charge in [0.25, 0.3) is 0 Å². The van der Waals surface area contributed by atoms with E-state index in [1.807, 2.05) is 32.4 Å². The van der Waals surface area contributed by atoms with Crippen molar-refractivity contribution in [2.75, 3.05) is 7.11 Å². The Morgan fingerprint density at radius 1 is 1.17 bits per heavy atom. The molecular formula is C20H21N5O3S. The maximum Gasteiger partial charge on any atom is 0.238 e. The van der Waals surface area contributed by atoms with Gasteiger partial charge < -0.3 is 9.30 Å². The highest BCUT2D eigenvalue weighted by atomic mass is 32.2. The van der Waals surface area contributed by atoms with E-state index in [0.717, 1.165) is 33.3 Å². The fraction of sp³-hybridized carbons (Fsp3) is 0.200. The van der Waals surface area contributed by atoms with E-state index in [0.29, 0.717) is 12.4 Å². The Bertz CT molecular complexity index is 1300. The van der Waals surface area contributed by atoms with Crippen molar-refractivity contribution in [3.8, 4) is 17.1 Å². The van der Waals surface area contributed by atoms with Gasteiger partial charge in [0.05, 0.1) is 28.8 Å². The lowest BCUT2D eigenvalue weighted by atomic mass is 10.1. The summed E-state index contributed by atoms with van der Waals surface area (Å²) in [5.74, 6) is 0.500. The number of methoxy groups -OCH3 is 1. The van der Waals surface area contributed by atoms with E-state index < -0.39 is 10.0 Å². The Morgan fingerprint density at radius 2 is 1.90 bits per heavy atom. The molecule has 1 aromatic carbocycles. The lowest BCUT2D eigenvalue weighted by Gasteiger charge is -2.12. The lowest BCUT2D eigenvalue weighted by molar-refractivity contribution is 0.400. The molecule has 3 aromatic heterocycles. The largest absolute Gasteiger partial charge is 0.480 e. The van der Waals surface area contributed by atoms with Gasteiger partial charge in [-0.2, -0.15) is 5.10 Å². The van der Waals surface area contributed by atoms with Crippen molar-refractivity contribution in [1.82, 2.24) is 19.3 Å². The van der Waals surface area contributed by atoms with E-state index in [1.54, 1.807) is 30.1 Å². The van der Waals surface area contributed by atoms with Crippen LogP contribution in [0.25, 0.3) is 22.2 Å². The maximum atomic E-state index is 11.5. The molecule has 0 saturated heterocycles. The molecule has 9 heteroatoms. The first kappa shape index (κ1) is 19.2. The minimum absolute atomic E-state index is 0.0924. The Balaban J connectivity index is 1.87. The fourth-order valence-corrected chi connectivity index (χ4v) is 3.99. The van der Waals surface area contributed by atoms with Gasteiger partial charge in [-0.25, -0.2) is 18.5 Å². The number of nitrogens with zero attached hydrogens (tertiary/aromatic N) is 4. The van der Waals surface area contributed by atoms with Crippen LogP contribution in [0.1, 0.15) is 11.1 Å². The molecule has 0 unspecified atom stereocenters. The third kappa shape index (κ3) is 3.50. The van der Waals surface area contributed by atoms with Gasteiger partial charge in [0.2, 0.25) is 15.9 Å². The topological polar surface area (TPSA) is 105 Å². The molecule has 0 aliphatic rings. The van der Waals surface area contributed by atoms with Crippen LogP contribution >= 0.6 is 0 Å². The summed E-state index contributed by atoms with van der Waals surface area (Å²) in [5.41, 5.74) is 4.57. The zero-order valence-electron chi connectivity index (χ0n) is 16.3. The van der Waals surface area contributed by atoms with Gasteiger partial charge in [-0.3, -0.25) is 4.68 Å². The van der Waals surface area contributed by atoms with Crippen LogP contribution in [0.4, 0.5) is 0 Å². The molecule has 0 aliphatic heterocycles. The Hall–Kier alpha value is -3.17. The average Bonchev–Trinajstić information content (AvgIpc) is 3.24. The number of sulfonamides is 1. The summed E-state index contributed by atoms with van der Waals surface area (Å²) < 4.78 is 32.4. The summed E-state index contributed by atoms with van der Waals surface area (Å²) in [5, 5.41) is 10.7. The van der Waals surface area contributed by atoms with Crippen molar-refractivity contribution in [2.24, 2.45) is 12.2 Å². The van der Waals surface area contributed by atoms with E-state index >= 15 is 0 Å². The molecule has 29 heavy (non-hydrogen) atoms. The van der Waals surface area contributed by atoms with Gasteiger partial charge in [-0.05, 0) is 36.2 Å². The number of fused-ring (bicyclic) bond motifs is 1. The average molecular weight is 411 g/mol. The monoisotopic (exact) mass is 411 g/mol. The number of primary sulfonamides is 1. The summed E-state index contributed by atoms with van der Waals surface area (Å²) in [6, 6.07) is 8.49. The van der Waals surface area contributed by atoms with Gasteiger partial charge in [-0.15, -0.1) is 0 Å². The zero-order chi connectivity index (χ0) is 20.8. The van der Waals surface area contributed by atoms with Crippen LogP contribution in [-0.2, 0) is 23.6 Å². The van der Waals surface area contributed by atoms with Crippen molar-refractivity contribution in [3.05, 3.63) is 60.0 Å². The van der Waals surface area contributed by atoms with E-state index in [4.69, 9.17) is 9.88 Å². The fourth-order valence-electron chi connectivity index (χ4n) is 3.48. The highest BCUT2D eigenvalue weighted by Crippen LogP contribution is 2.36. The van der Waals surface area contributed by atoms with E-state index in [9.17, 15) is 8.42 Å². The molecule has 150 valence electrons. The number of nitrogens with two attached hydrogens (primary N) is 1. The van der Waals surface area contributed by atoms with Crippen molar-refractivity contribution in [3.63, 3.8) is 0 Å². The maximum absolute atomic E-state index is 11.5. The predicted octanol–water partition coefficient (Wildman–Crippen LogP) is 2.45. The summed E-state index contributed by atoms with van der Waals surface area (Å²) in [7, 11) is -0.263. The SMILES string of the molecule is COc1ncc2c(C)cn(Cc3ccc(S(N)(=O)=O)cc3)c2c1-c1ccn(C)n1. The third-order valence-electron chi connectivity index (χ3n) is 4.85. The highest BCUT2D eigenvalue weighted by molar-refractivity contribution is 7.89. The quantitative estimate of drug-likeness (QED) is 0.543. The third-order valence-corrected chi connectivity index (χ3v) is 5.78. The number of hydrogen-bond acceptors (Lipinski definition) is 5. The molecule has 0 fully saturated rings. The van der Waals surface area contributed by atoms with Crippen molar-refractivity contribution >= 4 is 20.9 Å². The van der Waals surface area contributed by atoms with Crippen molar-refractivity contribution in [2.45, 2.75) is 18.4 Å². The second-order valence-electron chi connectivity index (χ2n) is 6.91. The van der Waals surface area contributed by atoms with Crippen LogP contribution < -0.4 is 9.88 Å². The molecule has 3 heterocycles. The number of hydrogen-bond donors (Lipinski definition) is 1. The van der Waals surface area contributed by atoms with Crippen molar-refractivity contribution < 1.29 is 13.2 Å². The first-order valence-corrected chi connectivity index (χ1v) is 10.5. The number of ether oxygens (including phenoxy) is 1. The Labute approximate surface area is 168 Å². The number of rotatable bonds is 5. The van der Waals surface area contributed by atoms with Gasteiger partial charge >= 0.3 is 0 Å². The Kier molecular flexibility index (Phi) is 4.64.